The number of fused-ring (bicyclic) bond motifs is 1. The predicted octanol–water partition coefficient (Wildman–Crippen LogP) is 0.659. The zero-order chi connectivity index (χ0) is 13.6. The lowest BCUT2D eigenvalue weighted by Gasteiger charge is -2.17. The smallest absolute Gasteiger partial charge is 0.341 e. The van der Waals surface area contributed by atoms with E-state index < -0.39 is 12.6 Å². The summed E-state index contributed by atoms with van der Waals surface area (Å²) in [5.74, 6) is -1.43. The number of carboxylic acids is 1. The Balaban J connectivity index is 1.81. The van der Waals surface area contributed by atoms with Crippen molar-refractivity contribution in [2.75, 3.05) is 11.5 Å². The van der Waals surface area contributed by atoms with Gasteiger partial charge in [-0.15, -0.1) is 0 Å². The number of imide groups is 1. The normalized spacial score (nSPS) is 24.3. The summed E-state index contributed by atoms with van der Waals surface area (Å²) in [5.41, 5.74) is 0.435. The highest BCUT2D eigenvalue weighted by Crippen LogP contribution is 2.48. The van der Waals surface area contributed by atoms with Gasteiger partial charge in [-0.2, -0.15) is 0 Å². The number of amides is 2. The Bertz CT molecular complexity index is 562. The molecular formula is C13H11NO5. The van der Waals surface area contributed by atoms with Gasteiger partial charge in [0, 0.05) is 6.07 Å². The Hall–Kier alpha value is -2.37. The molecule has 6 heteroatoms. The summed E-state index contributed by atoms with van der Waals surface area (Å²) in [6, 6.07) is 6.34. The van der Waals surface area contributed by atoms with Crippen LogP contribution in [0.3, 0.4) is 0 Å². The molecule has 0 aromatic heterocycles. The van der Waals surface area contributed by atoms with E-state index in [1.165, 1.54) is 6.07 Å². The number of ether oxygens (including phenoxy) is 1. The molecule has 1 saturated heterocycles. The molecule has 1 saturated carbocycles. The Morgan fingerprint density at radius 2 is 2.00 bits per heavy atom. The third-order valence-corrected chi connectivity index (χ3v) is 3.30. The molecular weight excluding hydrogens is 250 g/mol. The van der Waals surface area contributed by atoms with E-state index in [1.54, 1.807) is 18.2 Å². The maximum atomic E-state index is 11.9. The Morgan fingerprint density at radius 1 is 1.32 bits per heavy atom. The summed E-state index contributed by atoms with van der Waals surface area (Å²) in [6.45, 7) is -0.462. The van der Waals surface area contributed by atoms with Gasteiger partial charge in [0.05, 0.1) is 17.5 Å². The Morgan fingerprint density at radius 3 is 2.63 bits per heavy atom. The van der Waals surface area contributed by atoms with Crippen molar-refractivity contribution in [2.24, 2.45) is 11.8 Å². The zero-order valence-corrected chi connectivity index (χ0v) is 9.91. The molecule has 2 atom stereocenters. The number of hydrogen-bond donors (Lipinski definition) is 1. The first-order valence-corrected chi connectivity index (χ1v) is 5.90. The predicted molar refractivity (Wildman–Crippen MR) is 63.7 cm³/mol. The van der Waals surface area contributed by atoms with Crippen LogP contribution in [0.1, 0.15) is 6.42 Å². The summed E-state index contributed by atoms with van der Waals surface area (Å²) < 4.78 is 5.03. The van der Waals surface area contributed by atoms with Gasteiger partial charge in [0.25, 0.3) is 0 Å². The Kier molecular flexibility index (Phi) is 2.51. The lowest BCUT2D eigenvalue weighted by Crippen LogP contribution is -2.32. The van der Waals surface area contributed by atoms with Gasteiger partial charge in [-0.3, -0.25) is 9.59 Å². The van der Waals surface area contributed by atoms with E-state index in [4.69, 9.17) is 9.84 Å². The van der Waals surface area contributed by atoms with Crippen LogP contribution in [0.25, 0.3) is 0 Å². The molecule has 0 radical (unpaired) electrons. The van der Waals surface area contributed by atoms with Crippen LogP contribution in [0.15, 0.2) is 24.3 Å². The summed E-state index contributed by atoms with van der Waals surface area (Å²) in [5, 5.41) is 8.54. The van der Waals surface area contributed by atoms with E-state index in [9.17, 15) is 14.4 Å². The van der Waals surface area contributed by atoms with Gasteiger partial charge >= 0.3 is 5.97 Å². The van der Waals surface area contributed by atoms with Gasteiger partial charge in [-0.25, -0.2) is 9.69 Å². The topological polar surface area (TPSA) is 83.9 Å². The maximum absolute atomic E-state index is 11.9. The van der Waals surface area contributed by atoms with E-state index >= 15 is 0 Å². The highest BCUT2D eigenvalue weighted by atomic mass is 16.5. The SMILES string of the molecule is O=C(O)COc1cccc(N2C(=O)C3CC3C2=O)c1. The molecule has 2 aliphatic rings. The second-order valence-corrected chi connectivity index (χ2v) is 4.64. The van der Waals surface area contributed by atoms with Gasteiger partial charge < -0.3 is 9.84 Å². The van der Waals surface area contributed by atoms with Gasteiger partial charge in [0.15, 0.2) is 6.61 Å². The number of rotatable bonds is 4. The van der Waals surface area contributed by atoms with Crippen LogP contribution in [0, 0.1) is 11.8 Å². The lowest BCUT2D eigenvalue weighted by molar-refractivity contribution is -0.139. The lowest BCUT2D eigenvalue weighted by atomic mass is 10.2. The van der Waals surface area contributed by atoms with E-state index in [2.05, 4.69) is 0 Å². The fourth-order valence-corrected chi connectivity index (χ4v) is 2.29. The summed E-state index contributed by atoms with van der Waals surface area (Å²) >= 11 is 0. The number of carboxylic acid groups (broad SMARTS) is 1. The molecule has 0 spiro atoms. The van der Waals surface area contributed by atoms with Crippen molar-refractivity contribution < 1.29 is 24.2 Å². The second kappa shape index (κ2) is 4.08. The molecule has 19 heavy (non-hydrogen) atoms. The standard InChI is InChI=1S/C13H11NO5/c15-11(16)6-19-8-3-1-2-7(4-8)14-12(17)9-5-10(9)13(14)18/h1-4,9-10H,5-6H2,(H,15,16). The van der Waals surface area contributed by atoms with Crippen LogP contribution >= 0.6 is 0 Å². The minimum Gasteiger partial charge on any atom is -0.482 e. The van der Waals surface area contributed by atoms with E-state index in [1.807, 2.05) is 0 Å². The molecule has 6 nitrogen and oxygen atoms in total. The number of nitrogens with zero attached hydrogens (tertiary/aromatic N) is 1. The monoisotopic (exact) mass is 261 g/mol. The summed E-state index contributed by atoms with van der Waals surface area (Å²) in [4.78, 5) is 35.4. The first kappa shape index (κ1) is 11.7. The fraction of sp³-hybridized carbons (Fsp3) is 0.308. The number of carbonyl (C=O) groups excluding carboxylic acids is 2. The molecule has 1 aliphatic carbocycles. The van der Waals surface area contributed by atoms with Crippen LogP contribution in [0.2, 0.25) is 0 Å². The van der Waals surface area contributed by atoms with E-state index in [0.717, 1.165) is 4.90 Å². The molecule has 98 valence electrons. The van der Waals surface area contributed by atoms with Crippen LogP contribution in [-0.4, -0.2) is 29.5 Å². The third kappa shape index (κ3) is 1.95. The van der Waals surface area contributed by atoms with Gasteiger partial charge in [-0.05, 0) is 18.6 Å². The van der Waals surface area contributed by atoms with Crippen molar-refractivity contribution in [1.82, 2.24) is 0 Å². The number of aliphatic carboxylic acids is 1. The zero-order valence-electron chi connectivity index (χ0n) is 9.91. The average molecular weight is 261 g/mol. The second-order valence-electron chi connectivity index (χ2n) is 4.64. The van der Waals surface area contributed by atoms with Crippen molar-refractivity contribution in [3.63, 3.8) is 0 Å². The maximum Gasteiger partial charge on any atom is 0.341 e. The molecule has 3 rings (SSSR count). The fourth-order valence-electron chi connectivity index (χ4n) is 2.29. The minimum absolute atomic E-state index is 0.156. The molecule has 1 heterocycles. The van der Waals surface area contributed by atoms with Crippen LogP contribution < -0.4 is 9.64 Å². The van der Waals surface area contributed by atoms with Crippen LogP contribution in [-0.2, 0) is 14.4 Å². The largest absolute Gasteiger partial charge is 0.482 e. The number of hydrogen-bond acceptors (Lipinski definition) is 4. The number of anilines is 1. The summed E-state index contributed by atoms with van der Waals surface area (Å²) in [6.07, 6.45) is 0.656. The van der Waals surface area contributed by atoms with Crippen LogP contribution in [0.5, 0.6) is 5.75 Å². The summed E-state index contributed by atoms with van der Waals surface area (Å²) in [7, 11) is 0. The molecule has 2 fully saturated rings. The molecule has 2 amide bonds. The van der Waals surface area contributed by atoms with Gasteiger partial charge in [0.1, 0.15) is 5.75 Å². The Labute approximate surface area is 108 Å². The average Bonchev–Trinajstić information content (AvgIpc) is 3.12. The van der Waals surface area contributed by atoms with Crippen molar-refractivity contribution in [3.8, 4) is 5.75 Å². The quantitative estimate of drug-likeness (QED) is 0.805. The molecule has 1 aromatic rings. The first-order valence-electron chi connectivity index (χ1n) is 5.90. The highest BCUT2D eigenvalue weighted by molar-refractivity contribution is 6.24. The molecule has 1 N–H and O–H groups in total. The molecule has 1 aromatic carbocycles. The number of carbonyl (C=O) groups is 3. The van der Waals surface area contributed by atoms with Crippen LogP contribution in [0.4, 0.5) is 5.69 Å². The van der Waals surface area contributed by atoms with Gasteiger partial charge in [0.2, 0.25) is 11.8 Å². The molecule has 0 bridgehead atoms. The van der Waals surface area contributed by atoms with E-state index in [0.29, 0.717) is 17.9 Å². The molecule has 2 unspecified atom stereocenters. The third-order valence-electron chi connectivity index (χ3n) is 3.30. The number of piperidine rings is 1. The molecule has 1 aliphatic heterocycles. The number of benzene rings is 1. The van der Waals surface area contributed by atoms with Crippen molar-refractivity contribution in [1.29, 1.82) is 0 Å². The first-order chi connectivity index (χ1) is 9.08. The van der Waals surface area contributed by atoms with Crippen molar-refractivity contribution in [2.45, 2.75) is 6.42 Å². The van der Waals surface area contributed by atoms with Gasteiger partial charge in [-0.1, -0.05) is 6.07 Å². The highest BCUT2D eigenvalue weighted by Gasteiger charge is 2.59. The minimum atomic E-state index is -1.08. The van der Waals surface area contributed by atoms with E-state index in [-0.39, 0.29) is 23.7 Å². The van der Waals surface area contributed by atoms with Crippen molar-refractivity contribution in [3.05, 3.63) is 24.3 Å². The van der Waals surface area contributed by atoms with Crippen molar-refractivity contribution >= 4 is 23.5 Å².